The largest absolute Gasteiger partial charge is 0.366 e. The zero-order chi connectivity index (χ0) is 12.5. The second kappa shape index (κ2) is 3.92. The van der Waals surface area contributed by atoms with E-state index in [1.165, 1.54) is 0 Å². The van der Waals surface area contributed by atoms with Crippen LogP contribution in [0.3, 0.4) is 0 Å². The topological polar surface area (TPSA) is 97.6 Å². The van der Waals surface area contributed by atoms with E-state index in [-0.39, 0.29) is 0 Å². The third kappa shape index (κ3) is 1.60. The van der Waals surface area contributed by atoms with E-state index in [9.17, 15) is 4.79 Å². The number of nitrogens with zero attached hydrogens (tertiary/aromatic N) is 3. The first-order chi connectivity index (χ1) is 8.75. The van der Waals surface area contributed by atoms with Gasteiger partial charge in [0, 0.05) is 16.5 Å². The van der Waals surface area contributed by atoms with Crippen molar-refractivity contribution in [2.45, 2.75) is 0 Å². The van der Waals surface area contributed by atoms with Gasteiger partial charge in [-0.2, -0.15) is 15.3 Å². The fourth-order valence-corrected chi connectivity index (χ4v) is 1.82. The van der Waals surface area contributed by atoms with Gasteiger partial charge in [0.25, 0.3) is 0 Å². The molecule has 0 atom stereocenters. The van der Waals surface area contributed by atoms with Gasteiger partial charge in [-0.3, -0.25) is 9.89 Å². The molecule has 18 heavy (non-hydrogen) atoms. The SMILES string of the molecule is NC(=O)c1ccc2[nH]nc(-c3ccnnc3)c2c1. The summed E-state index contributed by atoms with van der Waals surface area (Å²) in [5.41, 5.74) is 8.12. The molecule has 88 valence electrons. The highest BCUT2D eigenvalue weighted by Gasteiger charge is 2.10. The van der Waals surface area contributed by atoms with E-state index in [0.29, 0.717) is 5.56 Å². The molecule has 0 spiro atoms. The predicted octanol–water partition coefficient (Wildman–Crippen LogP) is 1.12. The van der Waals surface area contributed by atoms with Gasteiger partial charge >= 0.3 is 0 Å². The molecule has 1 aromatic carbocycles. The fourth-order valence-electron chi connectivity index (χ4n) is 1.82. The average Bonchev–Trinajstić information content (AvgIpc) is 2.82. The zero-order valence-corrected chi connectivity index (χ0v) is 9.29. The summed E-state index contributed by atoms with van der Waals surface area (Å²) in [4.78, 5) is 11.2. The summed E-state index contributed by atoms with van der Waals surface area (Å²) in [6.07, 6.45) is 3.21. The molecule has 0 aliphatic heterocycles. The predicted molar refractivity (Wildman–Crippen MR) is 65.6 cm³/mol. The molecule has 3 aromatic rings. The normalized spacial score (nSPS) is 10.7. The Kier molecular flexibility index (Phi) is 2.26. The molecule has 0 aliphatic carbocycles. The lowest BCUT2D eigenvalue weighted by Crippen LogP contribution is -2.10. The van der Waals surface area contributed by atoms with Crippen LogP contribution < -0.4 is 5.73 Å². The van der Waals surface area contributed by atoms with Crippen molar-refractivity contribution in [1.82, 2.24) is 20.4 Å². The van der Waals surface area contributed by atoms with Crippen molar-refractivity contribution in [2.24, 2.45) is 5.73 Å². The summed E-state index contributed by atoms with van der Waals surface area (Å²) < 4.78 is 0. The van der Waals surface area contributed by atoms with E-state index in [0.717, 1.165) is 22.2 Å². The summed E-state index contributed by atoms with van der Waals surface area (Å²) in [5, 5.41) is 15.5. The number of carbonyl (C=O) groups excluding carboxylic acids is 1. The zero-order valence-electron chi connectivity index (χ0n) is 9.29. The van der Waals surface area contributed by atoms with E-state index < -0.39 is 5.91 Å². The highest BCUT2D eigenvalue weighted by atomic mass is 16.1. The minimum atomic E-state index is -0.461. The molecule has 0 unspecified atom stereocenters. The minimum absolute atomic E-state index is 0.451. The van der Waals surface area contributed by atoms with Crippen molar-refractivity contribution in [2.75, 3.05) is 0 Å². The monoisotopic (exact) mass is 239 g/mol. The Labute approximate surface area is 102 Å². The van der Waals surface area contributed by atoms with Crippen LogP contribution in [0.1, 0.15) is 10.4 Å². The van der Waals surface area contributed by atoms with E-state index in [1.807, 2.05) is 0 Å². The first kappa shape index (κ1) is 10.4. The lowest BCUT2D eigenvalue weighted by Gasteiger charge is -1.98. The van der Waals surface area contributed by atoms with Gasteiger partial charge in [0.1, 0.15) is 5.69 Å². The molecule has 6 nitrogen and oxygen atoms in total. The molecule has 0 saturated carbocycles. The van der Waals surface area contributed by atoms with Crippen LogP contribution in [0.4, 0.5) is 0 Å². The molecule has 0 saturated heterocycles. The third-order valence-electron chi connectivity index (χ3n) is 2.71. The number of amides is 1. The molecule has 3 rings (SSSR count). The second-order valence-corrected chi connectivity index (χ2v) is 3.83. The molecular weight excluding hydrogens is 230 g/mol. The number of aromatic amines is 1. The van der Waals surface area contributed by atoms with Crippen LogP contribution >= 0.6 is 0 Å². The van der Waals surface area contributed by atoms with Crippen LogP contribution in [-0.4, -0.2) is 26.3 Å². The number of benzene rings is 1. The third-order valence-corrected chi connectivity index (χ3v) is 2.71. The average molecular weight is 239 g/mol. The van der Waals surface area contributed by atoms with Crippen LogP contribution in [0.2, 0.25) is 0 Å². The van der Waals surface area contributed by atoms with Gasteiger partial charge < -0.3 is 5.73 Å². The first-order valence-corrected chi connectivity index (χ1v) is 5.31. The number of aromatic nitrogens is 4. The maximum absolute atomic E-state index is 11.2. The molecule has 0 aliphatic rings. The molecule has 0 bridgehead atoms. The van der Waals surface area contributed by atoms with Crippen molar-refractivity contribution >= 4 is 16.8 Å². The molecular formula is C12H9N5O. The molecule has 0 radical (unpaired) electrons. The summed E-state index contributed by atoms with van der Waals surface area (Å²) >= 11 is 0. The summed E-state index contributed by atoms with van der Waals surface area (Å²) in [7, 11) is 0. The number of fused-ring (bicyclic) bond motifs is 1. The number of nitrogens with two attached hydrogens (primary N) is 1. The molecule has 2 aromatic heterocycles. The summed E-state index contributed by atoms with van der Waals surface area (Å²) in [6.45, 7) is 0. The van der Waals surface area contributed by atoms with E-state index in [1.54, 1.807) is 36.7 Å². The molecule has 6 heteroatoms. The maximum Gasteiger partial charge on any atom is 0.248 e. The number of H-pyrrole nitrogens is 1. The van der Waals surface area contributed by atoms with Crippen molar-refractivity contribution < 1.29 is 4.79 Å². The van der Waals surface area contributed by atoms with Crippen molar-refractivity contribution in [3.63, 3.8) is 0 Å². The fraction of sp³-hybridized carbons (Fsp3) is 0. The van der Waals surface area contributed by atoms with E-state index >= 15 is 0 Å². The Morgan fingerprint density at radius 3 is 2.83 bits per heavy atom. The summed E-state index contributed by atoms with van der Waals surface area (Å²) in [5.74, 6) is -0.461. The van der Waals surface area contributed by atoms with Gasteiger partial charge in [-0.05, 0) is 24.3 Å². The van der Waals surface area contributed by atoms with Crippen LogP contribution in [0.25, 0.3) is 22.2 Å². The standard InChI is InChI=1S/C12H9N5O/c13-12(18)7-1-2-10-9(5-7)11(17-16-10)8-3-4-14-15-6-8/h1-6H,(H2,13,18)(H,16,17). The maximum atomic E-state index is 11.2. The van der Waals surface area contributed by atoms with Gasteiger partial charge in [0.05, 0.1) is 17.9 Å². The van der Waals surface area contributed by atoms with Crippen LogP contribution in [0.15, 0.2) is 36.7 Å². The van der Waals surface area contributed by atoms with Crippen molar-refractivity contribution in [3.05, 3.63) is 42.2 Å². The Balaban J connectivity index is 2.24. The Morgan fingerprint density at radius 2 is 2.11 bits per heavy atom. The molecule has 0 fully saturated rings. The number of rotatable bonds is 2. The highest BCUT2D eigenvalue weighted by Crippen LogP contribution is 2.25. The summed E-state index contributed by atoms with van der Waals surface area (Å²) in [6, 6.07) is 6.97. The molecule has 1 amide bonds. The number of nitrogens with one attached hydrogen (secondary N) is 1. The second-order valence-electron chi connectivity index (χ2n) is 3.83. The Morgan fingerprint density at radius 1 is 1.22 bits per heavy atom. The number of hydrogen-bond acceptors (Lipinski definition) is 4. The lowest BCUT2D eigenvalue weighted by atomic mass is 10.1. The minimum Gasteiger partial charge on any atom is -0.366 e. The number of primary amides is 1. The quantitative estimate of drug-likeness (QED) is 0.700. The lowest BCUT2D eigenvalue weighted by molar-refractivity contribution is 0.100. The van der Waals surface area contributed by atoms with Gasteiger partial charge in [0.15, 0.2) is 0 Å². The van der Waals surface area contributed by atoms with Gasteiger partial charge in [-0.15, -0.1) is 0 Å². The Hall–Kier alpha value is -2.76. The van der Waals surface area contributed by atoms with Gasteiger partial charge in [-0.25, -0.2) is 0 Å². The van der Waals surface area contributed by atoms with Gasteiger partial charge in [-0.1, -0.05) is 0 Å². The number of carbonyl (C=O) groups is 1. The van der Waals surface area contributed by atoms with E-state index in [2.05, 4.69) is 20.4 Å². The molecule has 2 heterocycles. The van der Waals surface area contributed by atoms with Crippen molar-refractivity contribution in [1.29, 1.82) is 0 Å². The van der Waals surface area contributed by atoms with Crippen LogP contribution in [0, 0.1) is 0 Å². The van der Waals surface area contributed by atoms with Crippen LogP contribution in [-0.2, 0) is 0 Å². The van der Waals surface area contributed by atoms with Gasteiger partial charge in [0.2, 0.25) is 5.91 Å². The van der Waals surface area contributed by atoms with Crippen LogP contribution in [0.5, 0.6) is 0 Å². The first-order valence-electron chi connectivity index (χ1n) is 5.31. The Bertz CT molecular complexity index is 720. The highest BCUT2D eigenvalue weighted by molar-refractivity contribution is 6.00. The van der Waals surface area contributed by atoms with Crippen molar-refractivity contribution in [3.8, 4) is 11.3 Å². The van der Waals surface area contributed by atoms with E-state index in [4.69, 9.17) is 5.73 Å². The smallest absolute Gasteiger partial charge is 0.248 e. The number of hydrogen-bond donors (Lipinski definition) is 2. The molecule has 3 N–H and O–H groups in total.